The van der Waals surface area contributed by atoms with E-state index in [4.69, 9.17) is 9.47 Å². The monoisotopic (exact) mass is 559 g/mol. The van der Waals surface area contributed by atoms with Gasteiger partial charge in [0.25, 0.3) is 0 Å². The number of aliphatic carboxylic acids is 1. The van der Waals surface area contributed by atoms with Gasteiger partial charge in [0.15, 0.2) is 6.29 Å². The van der Waals surface area contributed by atoms with Crippen LogP contribution in [0.25, 0.3) is 0 Å². The van der Waals surface area contributed by atoms with Crippen LogP contribution in [0.2, 0.25) is 0 Å². The molecule has 2 saturated heterocycles. The third-order valence-corrected chi connectivity index (χ3v) is 7.60. The molecule has 0 aliphatic carbocycles. The topological polar surface area (TPSA) is 59.0 Å². The molecule has 1 N–H and O–H groups in total. The van der Waals surface area contributed by atoms with E-state index in [1.54, 1.807) is 0 Å². The molecule has 0 radical (unpaired) electrons. The summed E-state index contributed by atoms with van der Waals surface area (Å²) in [6.07, 6.45) is -10.2. The Morgan fingerprint density at radius 3 is 2.13 bits per heavy atom. The number of carboxylic acid groups (broad SMARTS) is 1. The first-order valence-corrected chi connectivity index (χ1v) is 12.9. The van der Waals surface area contributed by atoms with Crippen LogP contribution in [0, 0.1) is 11.8 Å². The van der Waals surface area contributed by atoms with Crippen molar-refractivity contribution in [3.63, 3.8) is 0 Å². The minimum absolute atomic E-state index is 0.0203. The van der Waals surface area contributed by atoms with Gasteiger partial charge in [-0.2, -0.15) is 26.3 Å². The smallest absolute Gasteiger partial charge is 0.416 e. The molecule has 2 aliphatic heterocycles. The van der Waals surface area contributed by atoms with Crippen LogP contribution in [0.4, 0.5) is 26.3 Å². The number of hydrogen-bond donors (Lipinski definition) is 1. The van der Waals surface area contributed by atoms with Crippen LogP contribution in [0.3, 0.4) is 0 Å². The molecule has 214 valence electrons. The zero-order chi connectivity index (χ0) is 28.4. The Morgan fingerprint density at radius 1 is 1.00 bits per heavy atom. The molecule has 2 aliphatic rings. The lowest BCUT2D eigenvalue weighted by molar-refractivity contribution is -0.210. The number of likely N-dealkylation sites (tertiary alicyclic amines) is 1. The van der Waals surface area contributed by atoms with Gasteiger partial charge in [-0.1, -0.05) is 30.3 Å². The van der Waals surface area contributed by atoms with E-state index in [-0.39, 0.29) is 29.4 Å². The van der Waals surface area contributed by atoms with Crippen molar-refractivity contribution in [2.45, 2.75) is 56.9 Å². The van der Waals surface area contributed by atoms with Gasteiger partial charge >= 0.3 is 18.3 Å². The highest BCUT2D eigenvalue weighted by Gasteiger charge is 2.40. The molecule has 5 nitrogen and oxygen atoms in total. The van der Waals surface area contributed by atoms with Crippen molar-refractivity contribution >= 4 is 5.97 Å². The number of hydrogen-bond acceptors (Lipinski definition) is 4. The van der Waals surface area contributed by atoms with Crippen molar-refractivity contribution in [3.05, 3.63) is 70.8 Å². The third kappa shape index (κ3) is 7.32. The average Bonchev–Trinajstić information content (AvgIpc) is 2.88. The fourth-order valence-electron chi connectivity index (χ4n) is 5.46. The lowest BCUT2D eigenvalue weighted by Gasteiger charge is -2.42. The quantitative estimate of drug-likeness (QED) is 0.381. The van der Waals surface area contributed by atoms with Crippen molar-refractivity contribution < 1.29 is 45.7 Å². The first-order chi connectivity index (χ1) is 18.3. The van der Waals surface area contributed by atoms with Gasteiger partial charge in [-0.3, -0.25) is 4.79 Å². The van der Waals surface area contributed by atoms with Gasteiger partial charge in [0, 0.05) is 12.5 Å². The summed E-state index contributed by atoms with van der Waals surface area (Å²) in [5.41, 5.74) is -2.14. The van der Waals surface area contributed by atoms with Crippen molar-refractivity contribution in [1.82, 2.24) is 4.90 Å². The third-order valence-electron chi connectivity index (χ3n) is 7.60. The molecule has 0 spiro atoms. The molecular formula is C28H31F6NO4. The molecule has 0 unspecified atom stereocenters. The second-order valence-electron chi connectivity index (χ2n) is 10.3. The molecule has 0 bridgehead atoms. The van der Waals surface area contributed by atoms with Crippen molar-refractivity contribution in [2.24, 2.45) is 11.8 Å². The zero-order valence-electron chi connectivity index (χ0n) is 21.3. The first-order valence-electron chi connectivity index (χ1n) is 12.9. The van der Waals surface area contributed by atoms with Crippen molar-refractivity contribution in [1.29, 1.82) is 0 Å². The highest BCUT2D eigenvalue weighted by molar-refractivity contribution is 5.70. The normalized spacial score (nSPS) is 24.4. The zero-order valence-corrected chi connectivity index (χ0v) is 21.3. The van der Waals surface area contributed by atoms with Gasteiger partial charge in [-0.25, -0.2) is 0 Å². The van der Waals surface area contributed by atoms with E-state index in [0.717, 1.165) is 5.56 Å². The number of rotatable bonds is 7. The molecule has 2 heterocycles. The summed E-state index contributed by atoms with van der Waals surface area (Å²) in [7, 11) is 0. The van der Waals surface area contributed by atoms with Crippen LogP contribution in [-0.2, 0) is 26.6 Å². The molecule has 2 aromatic rings. The Hall–Kier alpha value is -2.63. The Bertz CT molecular complexity index is 1080. The Kier molecular flexibility index (Phi) is 8.92. The van der Waals surface area contributed by atoms with Crippen LogP contribution < -0.4 is 0 Å². The Morgan fingerprint density at radius 2 is 1.59 bits per heavy atom. The summed E-state index contributed by atoms with van der Waals surface area (Å²) >= 11 is 0. The minimum Gasteiger partial charge on any atom is -0.481 e. The number of carbonyl (C=O) groups is 1. The standard InChI is InChI=1S/C28H31F6NO4/c1-17(21-13-22(27(29,30)31)15-23(14-21)28(32,33)34)39-26-24(18-5-3-2-4-6-18)20(9-12-38-26)16-35-10-7-19(8-11-35)25(36)37/h2-6,13-15,17,19-20,24,26H,7-12,16H2,1H3,(H,36,37)/t17-,20+,24+,26-/m1/s1. The number of benzene rings is 2. The van der Waals surface area contributed by atoms with Crippen LogP contribution in [-0.4, -0.2) is 48.5 Å². The van der Waals surface area contributed by atoms with Gasteiger partial charge in [0.1, 0.15) is 0 Å². The largest absolute Gasteiger partial charge is 0.481 e. The summed E-state index contributed by atoms with van der Waals surface area (Å²) in [4.78, 5) is 13.5. The highest BCUT2D eigenvalue weighted by Crippen LogP contribution is 2.42. The van der Waals surface area contributed by atoms with Gasteiger partial charge in [-0.05, 0) is 74.5 Å². The van der Waals surface area contributed by atoms with E-state index >= 15 is 0 Å². The van der Waals surface area contributed by atoms with Crippen LogP contribution in [0.1, 0.15) is 60.5 Å². The maximum Gasteiger partial charge on any atom is 0.416 e. The molecule has 0 amide bonds. The van der Waals surface area contributed by atoms with E-state index in [1.807, 2.05) is 30.3 Å². The molecule has 2 aromatic carbocycles. The first kappa shape index (κ1) is 29.4. The Labute approximate surface area is 222 Å². The SMILES string of the molecule is C[C@@H](O[C@H]1OCC[C@@H](CN2CCC(C(=O)O)CC2)[C@@H]1c1ccccc1)c1cc(C(F)(F)F)cc(C(F)(F)F)c1. The molecule has 0 aromatic heterocycles. The van der Waals surface area contributed by atoms with E-state index in [0.29, 0.717) is 57.6 Å². The van der Waals surface area contributed by atoms with E-state index < -0.39 is 41.8 Å². The van der Waals surface area contributed by atoms with Crippen LogP contribution in [0.15, 0.2) is 48.5 Å². The predicted octanol–water partition coefficient (Wildman–Crippen LogP) is 6.74. The van der Waals surface area contributed by atoms with Gasteiger partial charge in [0.2, 0.25) is 0 Å². The molecule has 4 atom stereocenters. The van der Waals surface area contributed by atoms with E-state index in [9.17, 15) is 36.2 Å². The van der Waals surface area contributed by atoms with Gasteiger partial charge in [-0.15, -0.1) is 0 Å². The fraction of sp³-hybridized carbons (Fsp3) is 0.536. The maximum absolute atomic E-state index is 13.4. The number of nitrogens with zero attached hydrogens (tertiary/aromatic N) is 1. The summed E-state index contributed by atoms with van der Waals surface area (Å²) in [6.45, 7) is 3.63. The number of alkyl halides is 6. The maximum atomic E-state index is 13.4. The fourth-order valence-corrected chi connectivity index (χ4v) is 5.46. The number of ether oxygens (including phenoxy) is 2. The van der Waals surface area contributed by atoms with E-state index in [2.05, 4.69) is 4.90 Å². The molecule has 11 heteroatoms. The molecular weight excluding hydrogens is 528 g/mol. The predicted molar refractivity (Wildman–Crippen MR) is 130 cm³/mol. The lowest BCUT2D eigenvalue weighted by Crippen LogP contribution is -2.45. The average molecular weight is 560 g/mol. The number of piperidine rings is 1. The Balaban J connectivity index is 1.57. The summed E-state index contributed by atoms with van der Waals surface area (Å²) in [6, 6.07) is 10.8. The van der Waals surface area contributed by atoms with Gasteiger partial charge < -0.3 is 19.5 Å². The highest BCUT2D eigenvalue weighted by atomic mass is 19.4. The number of carboxylic acids is 1. The molecule has 39 heavy (non-hydrogen) atoms. The molecule has 2 fully saturated rings. The second-order valence-corrected chi connectivity index (χ2v) is 10.3. The summed E-state index contributed by atoms with van der Waals surface area (Å²) < 4.78 is 92.5. The second kappa shape index (κ2) is 11.9. The summed E-state index contributed by atoms with van der Waals surface area (Å²) in [5.74, 6) is -1.47. The molecule has 4 rings (SSSR count). The number of halogens is 6. The molecule has 0 saturated carbocycles. The van der Waals surface area contributed by atoms with Crippen LogP contribution in [0.5, 0.6) is 0 Å². The summed E-state index contributed by atoms with van der Waals surface area (Å²) in [5, 5.41) is 9.30. The van der Waals surface area contributed by atoms with Crippen LogP contribution >= 0.6 is 0 Å². The van der Waals surface area contributed by atoms with Crippen molar-refractivity contribution in [2.75, 3.05) is 26.2 Å². The van der Waals surface area contributed by atoms with E-state index in [1.165, 1.54) is 6.92 Å². The minimum atomic E-state index is -4.96. The van der Waals surface area contributed by atoms with Gasteiger partial charge in [0.05, 0.1) is 29.8 Å². The van der Waals surface area contributed by atoms with Crippen molar-refractivity contribution in [3.8, 4) is 0 Å². The lowest BCUT2D eigenvalue weighted by atomic mass is 9.81.